The predicted molar refractivity (Wildman–Crippen MR) is 66.9 cm³/mol. The summed E-state index contributed by atoms with van der Waals surface area (Å²) in [5.41, 5.74) is 1.77. The van der Waals surface area contributed by atoms with E-state index >= 15 is 0 Å². The van der Waals surface area contributed by atoms with E-state index in [0.717, 1.165) is 5.69 Å². The zero-order valence-electron chi connectivity index (χ0n) is 9.96. The van der Waals surface area contributed by atoms with Crippen molar-refractivity contribution in [3.05, 3.63) is 57.9 Å². The fourth-order valence-corrected chi connectivity index (χ4v) is 1.78. The molecular formula is C12H14N4O2. The van der Waals surface area contributed by atoms with Gasteiger partial charge in [0.2, 0.25) is 0 Å². The molecule has 0 saturated carbocycles. The number of nitrogens with one attached hydrogen (secondary N) is 2. The number of nitrogens with zero attached hydrogens (tertiary/aromatic N) is 2. The SMILES string of the molecule is CC(NCc1ccn[nH]1)c1ccccc1[N+](=O)[O-]. The van der Waals surface area contributed by atoms with Gasteiger partial charge in [-0.25, -0.2) is 0 Å². The van der Waals surface area contributed by atoms with Crippen molar-refractivity contribution in [2.45, 2.75) is 19.5 Å². The van der Waals surface area contributed by atoms with E-state index in [2.05, 4.69) is 15.5 Å². The van der Waals surface area contributed by atoms with Gasteiger partial charge in [-0.15, -0.1) is 0 Å². The number of benzene rings is 1. The van der Waals surface area contributed by atoms with Gasteiger partial charge in [-0.3, -0.25) is 15.2 Å². The molecule has 0 saturated heterocycles. The largest absolute Gasteiger partial charge is 0.304 e. The summed E-state index contributed by atoms with van der Waals surface area (Å²) < 4.78 is 0. The zero-order chi connectivity index (χ0) is 13.0. The lowest BCUT2D eigenvalue weighted by molar-refractivity contribution is -0.385. The Balaban J connectivity index is 2.09. The van der Waals surface area contributed by atoms with E-state index in [1.165, 1.54) is 6.07 Å². The second kappa shape index (κ2) is 5.42. The van der Waals surface area contributed by atoms with Crippen molar-refractivity contribution < 1.29 is 4.92 Å². The maximum Gasteiger partial charge on any atom is 0.274 e. The topological polar surface area (TPSA) is 83.8 Å². The van der Waals surface area contributed by atoms with Crippen molar-refractivity contribution in [2.24, 2.45) is 0 Å². The standard InChI is InChI=1S/C12H14N4O2/c1-9(13-8-10-6-7-14-15-10)11-4-2-3-5-12(11)16(17)18/h2-7,9,13H,8H2,1H3,(H,14,15). The van der Waals surface area contributed by atoms with E-state index in [0.29, 0.717) is 12.1 Å². The summed E-state index contributed by atoms with van der Waals surface area (Å²) >= 11 is 0. The van der Waals surface area contributed by atoms with Gasteiger partial charge < -0.3 is 5.32 Å². The molecule has 0 spiro atoms. The zero-order valence-corrected chi connectivity index (χ0v) is 9.96. The van der Waals surface area contributed by atoms with Crippen molar-refractivity contribution >= 4 is 5.69 Å². The quantitative estimate of drug-likeness (QED) is 0.625. The number of H-pyrrole nitrogens is 1. The molecule has 2 N–H and O–H groups in total. The highest BCUT2D eigenvalue weighted by Crippen LogP contribution is 2.24. The van der Waals surface area contributed by atoms with Crippen LogP contribution in [0.15, 0.2) is 36.5 Å². The van der Waals surface area contributed by atoms with Crippen molar-refractivity contribution in [3.63, 3.8) is 0 Å². The molecule has 1 heterocycles. The molecule has 0 bridgehead atoms. The van der Waals surface area contributed by atoms with E-state index < -0.39 is 0 Å². The summed E-state index contributed by atoms with van der Waals surface area (Å²) in [5, 5.41) is 20.8. The van der Waals surface area contributed by atoms with E-state index in [4.69, 9.17) is 0 Å². The lowest BCUT2D eigenvalue weighted by Gasteiger charge is -2.13. The summed E-state index contributed by atoms with van der Waals surface area (Å²) in [6.45, 7) is 2.49. The Hall–Kier alpha value is -2.21. The molecule has 0 radical (unpaired) electrons. The summed E-state index contributed by atoms with van der Waals surface area (Å²) in [4.78, 5) is 10.6. The van der Waals surface area contributed by atoms with Gasteiger partial charge in [-0.05, 0) is 13.0 Å². The third-order valence-electron chi connectivity index (χ3n) is 2.76. The number of hydrogen-bond acceptors (Lipinski definition) is 4. The molecule has 2 rings (SSSR count). The Bertz CT molecular complexity index is 525. The van der Waals surface area contributed by atoms with Crippen LogP contribution in [0.3, 0.4) is 0 Å². The number of aromatic nitrogens is 2. The highest BCUT2D eigenvalue weighted by Gasteiger charge is 2.17. The van der Waals surface area contributed by atoms with E-state index in [1.807, 2.05) is 13.0 Å². The van der Waals surface area contributed by atoms with Gasteiger partial charge in [0.05, 0.1) is 4.92 Å². The highest BCUT2D eigenvalue weighted by molar-refractivity contribution is 5.41. The van der Waals surface area contributed by atoms with Gasteiger partial charge in [0.1, 0.15) is 0 Å². The normalized spacial score (nSPS) is 12.3. The molecular weight excluding hydrogens is 232 g/mol. The van der Waals surface area contributed by atoms with Crippen LogP contribution in [0.5, 0.6) is 0 Å². The molecule has 2 aromatic rings. The fraction of sp³-hybridized carbons (Fsp3) is 0.250. The van der Waals surface area contributed by atoms with Gasteiger partial charge >= 0.3 is 0 Å². The second-order valence-corrected chi connectivity index (χ2v) is 4.00. The molecule has 0 aliphatic carbocycles. The molecule has 1 atom stereocenters. The summed E-state index contributed by atoms with van der Waals surface area (Å²) in [6.07, 6.45) is 1.67. The number of hydrogen-bond donors (Lipinski definition) is 2. The average Bonchev–Trinajstić information content (AvgIpc) is 2.89. The Morgan fingerprint density at radius 2 is 2.22 bits per heavy atom. The van der Waals surface area contributed by atoms with E-state index in [9.17, 15) is 10.1 Å². The Morgan fingerprint density at radius 3 is 2.89 bits per heavy atom. The van der Waals surface area contributed by atoms with Crippen LogP contribution in [0.4, 0.5) is 5.69 Å². The lowest BCUT2D eigenvalue weighted by Crippen LogP contribution is -2.19. The van der Waals surface area contributed by atoms with Crippen LogP contribution >= 0.6 is 0 Å². The first-order valence-electron chi connectivity index (χ1n) is 5.63. The van der Waals surface area contributed by atoms with Crippen LogP contribution in [-0.2, 0) is 6.54 Å². The van der Waals surface area contributed by atoms with Gasteiger partial charge in [-0.1, -0.05) is 18.2 Å². The minimum absolute atomic E-state index is 0.102. The molecule has 0 amide bonds. The maximum absolute atomic E-state index is 10.9. The van der Waals surface area contributed by atoms with Crippen molar-refractivity contribution in [2.75, 3.05) is 0 Å². The van der Waals surface area contributed by atoms with Crippen LogP contribution in [0.25, 0.3) is 0 Å². The molecule has 1 aromatic carbocycles. The minimum atomic E-state index is -0.357. The Kier molecular flexibility index (Phi) is 3.69. The summed E-state index contributed by atoms with van der Waals surface area (Å²) in [5.74, 6) is 0. The molecule has 1 aromatic heterocycles. The third-order valence-corrected chi connectivity index (χ3v) is 2.76. The van der Waals surface area contributed by atoms with Gasteiger partial charge in [0, 0.05) is 36.1 Å². The predicted octanol–water partition coefficient (Wildman–Crippen LogP) is 2.17. The number of para-hydroxylation sites is 1. The smallest absolute Gasteiger partial charge is 0.274 e. The van der Waals surface area contributed by atoms with Crippen LogP contribution in [0, 0.1) is 10.1 Å². The van der Waals surface area contributed by atoms with Gasteiger partial charge in [-0.2, -0.15) is 5.10 Å². The molecule has 18 heavy (non-hydrogen) atoms. The second-order valence-electron chi connectivity index (χ2n) is 4.00. The number of nitro benzene ring substituents is 1. The molecule has 94 valence electrons. The van der Waals surface area contributed by atoms with Gasteiger partial charge in [0.25, 0.3) is 5.69 Å². The van der Waals surface area contributed by atoms with Crippen molar-refractivity contribution in [1.29, 1.82) is 0 Å². The van der Waals surface area contributed by atoms with E-state index in [-0.39, 0.29) is 16.7 Å². The summed E-state index contributed by atoms with van der Waals surface area (Å²) in [6, 6.07) is 8.51. The van der Waals surface area contributed by atoms with Crippen molar-refractivity contribution in [1.82, 2.24) is 15.5 Å². The number of nitro groups is 1. The van der Waals surface area contributed by atoms with Gasteiger partial charge in [0.15, 0.2) is 0 Å². The molecule has 0 fully saturated rings. The molecule has 0 aliphatic rings. The van der Waals surface area contributed by atoms with Crippen LogP contribution < -0.4 is 5.32 Å². The molecule has 0 aliphatic heterocycles. The number of aromatic amines is 1. The van der Waals surface area contributed by atoms with Crippen LogP contribution in [0.1, 0.15) is 24.2 Å². The first kappa shape index (κ1) is 12.3. The Morgan fingerprint density at radius 1 is 1.44 bits per heavy atom. The minimum Gasteiger partial charge on any atom is -0.304 e. The fourth-order valence-electron chi connectivity index (χ4n) is 1.78. The van der Waals surface area contributed by atoms with Crippen molar-refractivity contribution in [3.8, 4) is 0 Å². The van der Waals surface area contributed by atoms with Crippen LogP contribution in [-0.4, -0.2) is 15.1 Å². The summed E-state index contributed by atoms with van der Waals surface area (Å²) in [7, 11) is 0. The molecule has 6 nitrogen and oxygen atoms in total. The third kappa shape index (κ3) is 2.72. The number of rotatable bonds is 5. The highest BCUT2D eigenvalue weighted by atomic mass is 16.6. The van der Waals surface area contributed by atoms with E-state index in [1.54, 1.807) is 24.4 Å². The average molecular weight is 246 g/mol. The first-order chi connectivity index (χ1) is 8.68. The maximum atomic E-state index is 10.9. The molecule has 1 unspecified atom stereocenters. The monoisotopic (exact) mass is 246 g/mol. The molecule has 6 heteroatoms. The van der Waals surface area contributed by atoms with Crippen LogP contribution in [0.2, 0.25) is 0 Å². The first-order valence-corrected chi connectivity index (χ1v) is 5.63. The lowest BCUT2D eigenvalue weighted by atomic mass is 10.1. The Labute approximate surface area is 104 Å².